The van der Waals surface area contributed by atoms with E-state index >= 15 is 0 Å². The molecule has 1 aliphatic rings. The van der Waals surface area contributed by atoms with Gasteiger partial charge in [-0.3, -0.25) is 20.0 Å². The van der Waals surface area contributed by atoms with Crippen molar-refractivity contribution in [3.8, 4) is 0 Å². The zero-order valence-electron chi connectivity index (χ0n) is 16.3. The molecule has 2 N–H and O–H groups in total. The lowest BCUT2D eigenvalue weighted by atomic mass is 10.2. The maximum absolute atomic E-state index is 10.9. The van der Waals surface area contributed by atoms with Gasteiger partial charge in [0.2, 0.25) is 0 Å². The highest BCUT2D eigenvalue weighted by molar-refractivity contribution is 5.80. The predicted octanol–water partition coefficient (Wildman–Crippen LogP) is 2.92. The first-order valence-corrected chi connectivity index (χ1v) is 9.53. The summed E-state index contributed by atoms with van der Waals surface area (Å²) in [6, 6.07) is 18.0. The number of likely N-dealkylation sites (tertiary alicyclic amines) is 1. The van der Waals surface area contributed by atoms with Crippen molar-refractivity contribution < 1.29 is 4.92 Å². The monoisotopic (exact) mass is 381 g/mol. The number of nitro groups is 1. The van der Waals surface area contributed by atoms with Gasteiger partial charge in [-0.2, -0.15) is 0 Å². The summed E-state index contributed by atoms with van der Waals surface area (Å²) in [6.07, 6.45) is 1.05. The number of non-ortho nitro benzene ring substituents is 1. The Balaban J connectivity index is 1.52. The molecule has 148 valence electrons. The number of hydrogen-bond donors (Lipinski definition) is 2. The standard InChI is InChI=1S/C21H27N5O2/c1-16-11-19(15-25(16)14-17-7-4-3-5-8-17)24-21(22-2)23-13-18-9-6-10-20(12-18)26(27)28/h3-10,12,16,19H,11,13-15H2,1-2H3,(H2,22,23,24). The third kappa shape index (κ3) is 5.29. The van der Waals surface area contributed by atoms with Crippen LogP contribution in [-0.2, 0) is 13.1 Å². The molecule has 2 aromatic carbocycles. The highest BCUT2D eigenvalue weighted by Gasteiger charge is 2.29. The van der Waals surface area contributed by atoms with E-state index in [0.717, 1.165) is 25.1 Å². The molecule has 28 heavy (non-hydrogen) atoms. The smallest absolute Gasteiger partial charge is 0.269 e. The Morgan fingerprint density at radius 3 is 2.68 bits per heavy atom. The fourth-order valence-electron chi connectivity index (χ4n) is 3.60. The highest BCUT2D eigenvalue weighted by Crippen LogP contribution is 2.20. The van der Waals surface area contributed by atoms with Crippen molar-refractivity contribution in [2.24, 2.45) is 4.99 Å². The molecular weight excluding hydrogens is 354 g/mol. The number of benzene rings is 2. The van der Waals surface area contributed by atoms with Gasteiger partial charge in [0.1, 0.15) is 0 Å². The van der Waals surface area contributed by atoms with Crippen molar-refractivity contribution in [3.05, 3.63) is 75.8 Å². The number of rotatable bonds is 6. The number of nitrogens with one attached hydrogen (secondary N) is 2. The van der Waals surface area contributed by atoms with Crippen LogP contribution in [-0.4, -0.2) is 41.5 Å². The second-order valence-corrected chi connectivity index (χ2v) is 7.19. The summed E-state index contributed by atoms with van der Waals surface area (Å²) >= 11 is 0. The quantitative estimate of drug-likeness (QED) is 0.348. The van der Waals surface area contributed by atoms with Gasteiger partial charge in [0.25, 0.3) is 5.69 Å². The van der Waals surface area contributed by atoms with Crippen molar-refractivity contribution in [2.45, 2.75) is 38.5 Å². The summed E-state index contributed by atoms with van der Waals surface area (Å²) in [5.41, 5.74) is 2.27. The summed E-state index contributed by atoms with van der Waals surface area (Å²) < 4.78 is 0. The predicted molar refractivity (Wildman–Crippen MR) is 111 cm³/mol. The zero-order valence-corrected chi connectivity index (χ0v) is 16.3. The Kier molecular flexibility index (Phi) is 6.60. The number of hydrogen-bond acceptors (Lipinski definition) is 4. The van der Waals surface area contributed by atoms with E-state index in [-0.39, 0.29) is 10.6 Å². The molecule has 2 unspecified atom stereocenters. The van der Waals surface area contributed by atoms with Crippen LogP contribution < -0.4 is 10.6 Å². The lowest BCUT2D eigenvalue weighted by molar-refractivity contribution is -0.384. The molecule has 0 saturated carbocycles. The summed E-state index contributed by atoms with van der Waals surface area (Å²) in [5, 5.41) is 17.7. The largest absolute Gasteiger partial charge is 0.352 e. The average molecular weight is 381 g/mol. The molecule has 0 amide bonds. The molecule has 1 aliphatic heterocycles. The molecular formula is C21H27N5O2. The van der Waals surface area contributed by atoms with Crippen LogP contribution in [0.4, 0.5) is 5.69 Å². The number of nitrogens with zero attached hydrogens (tertiary/aromatic N) is 3. The average Bonchev–Trinajstić information content (AvgIpc) is 3.05. The van der Waals surface area contributed by atoms with Gasteiger partial charge in [-0.05, 0) is 24.5 Å². The first-order chi connectivity index (χ1) is 13.5. The van der Waals surface area contributed by atoms with E-state index in [1.54, 1.807) is 19.2 Å². The summed E-state index contributed by atoms with van der Waals surface area (Å²) in [4.78, 5) is 17.3. The summed E-state index contributed by atoms with van der Waals surface area (Å²) in [5.74, 6) is 0.713. The van der Waals surface area contributed by atoms with Gasteiger partial charge in [-0.15, -0.1) is 0 Å². The van der Waals surface area contributed by atoms with Gasteiger partial charge >= 0.3 is 0 Å². The van der Waals surface area contributed by atoms with Crippen LogP contribution in [0.5, 0.6) is 0 Å². The molecule has 0 aliphatic carbocycles. The minimum atomic E-state index is -0.377. The van der Waals surface area contributed by atoms with Crippen LogP contribution in [0, 0.1) is 10.1 Å². The Labute approximate surface area is 165 Å². The lowest BCUT2D eigenvalue weighted by Crippen LogP contribution is -2.44. The molecule has 0 aromatic heterocycles. The fraction of sp³-hybridized carbons (Fsp3) is 0.381. The van der Waals surface area contributed by atoms with E-state index in [4.69, 9.17) is 0 Å². The van der Waals surface area contributed by atoms with E-state index in [1.807, 2.05) is 12.1 Å². The maximum atomic E-state index is 10.9. The van der Waals surface area contributed by atoms with E-state index in [2.05, 4.69) is 51.7 Å². The Morgan fingerprint density at radius 1 is 1.21 bits per heavy atom. The number of nitro benzene ring substituents is 1. The van der Waals surface area contributed by atoms with Crippen molar-refractivity contribution in [2.75, 3.05) is 13.6 Å². The van der Waals surface area contributed by atoms with E-state index in [9.17, 15) is 10.1 Å². The Bertz CT molecular complexity index is 825. The number of aliphatic imine (C=N–C) groups is 1. The molecule has 1 fully saturated rings. The molecule has 0 bridgehead atoms. The van der Waals surface area contributed by atoms with Gasteiger partial charge in [-0.1, -0.05) is 42.5 Å². The minimum absolute atomic E-state index is 0.100. The van der Waals surface area contributed by atoms with E-state index < -0.39 is 0 Å². The highest BCUT2D eigenvalue weighted by atomic mass is 16.6. The first kappa shape index (κ1) is 19.8. The first-order valence-electron chi connectivity index (χ1n) is 9.53. The SMILES string of the molecule is CN=C(NCc1cccc([N+](=O)[O-])c1)NC1CC(C)N(Cc2ccccc2)C1. The molecule has 2 aromatic rings. The van der Waals surface area contributed by atoms with Crippen LogP contribution in [0.25, 0.3) is 0 Å². The Hall–Kier alpha value is -2.93. The molecule has 0 spiro atoms. The van der Waals surface area contributed by atoms with E-state index in [0.29, 0.717) is 24.6 Å². The second-order valence-electron chi connectivity index (χ2n) is 7.19. The molecule has 7 nitrogen and oxygen atoms in total. The second kappa shape index (κ2) is 9.32. The fourth-order valence-corrected chi connectivity index (χ4v) is 3.60. The molecule has 0 radical (unpaired) electrons. The summed E-state index contributed by atoms with van der Waals surface area (Å²) in [7, 11) is 1.74. The molecule has 1 heterocycles. The van der Waals surface area contributed by atoms with Crippen LogP contribution in [0.3, 0.4) is 0 Å². The van der Waals surface area contributed by atoms with Gasteiger partial charge in [0, 0.05) is 50.9 Å². The third-order valence-electron chi connectivity index (χ3n) is 5.08. The lowest BCUT2D eigenvalue weighted by Gasteiger charge is -2.21. The molecule has 2 atom stereocenters. The van der Waals surface area contributed by atoms with Crippen molar-refractivity contribution in [1.82, 2.24) is 15.5 Å². The van der Waals surface area contributed by atoms with Crippen LogP contribution in [0.15, 0.2) is 59.6 Å². The van der Waals surface area contributed by atoms with Crippen LogP contribution in [0.2, 0.25) is 0 Å². The van der Waals surface area contributed by atoms with Crippen LogP contribution in [0.1, 0.15) is 24.5 Å². The number of guanidine groups is 1. The topological polar surface area (TPSA) is 82.8 Å². The molecule has 1 saturated heterocycles. The molecule has 7 heteroatoms. The third-order valence-corrected chi connectivity index (χ3v) is 5.08. The molecule has 3 rings (SSSR count). The van der Waals surface area contributed by atoms with Crippen molar-refractivity contribution in [1.29, 1.82) is 0 Å². The zero-order chi connectivity index (χ0) is 19.9. The van der Waals surface area contributed by atoms with E-state index in [1.165, 1.54) is 11.6 Å². The van der Waals surface area contributed by atoms with Crippen LogP contribution >= 0.6 is 0 Å². The van der Waals surface area contributed by atoms with Gasteiger partial charge in [0.05, 0.1) is 4.92 Å². The normalized spacial score (nSPS) is 20.1. The summed E-state index contributed by atoms with van der Waals surface area (Å²) in [6.45, 7) is 4.63. The van der Waals surface area contributed by atoms with Gasteiger partial charge < -0.3 is 10.6 Å². The van der Waals surface area contributed by atoms with Gasteiger partial charge in [0.15, 0.2) is 5.96 Å². The van der Waals surface area contributed by atoms with Crippen molar-refractivity contribution >= 4 is 11.6 Å². The van der Waals surface area contributed by atoms with Crippen molar-refractivity contribution in [3.63, 3.8) is 0 Å². The van der Waals surface area contributed by atoms with Gasteiger partial charge in [-0.25, -0.2) is 0 Å². The maximum Gasteiger partial charge on any atom is 0.269 e. The Morgan fingerprint density at radius 2 is 1.96 bits per heavy atom. The minimum Gasteiger partial charge on any atom is -0.352 e.